The molecule has 1 amide bonds. The van der Waals surface area contributed by atoms with E-state index in [0.717, 1.165) is 29.7 Å². The topological polar surface area (TPSA) is 54.9 Å². The molecule has 1 aliphatic rings. The summed E-state index contributed by atoms with van der Waals surface area (Å²) in [4.78, 5) is 21.7. The number of hydrogen-bond acceptors (Lipinski definition) is 3. The lowest BCUT2D eigenvalue weighted by atomic mass is 9.83. The first-order chi connectivity index (χ1) is 12.2. The van der Waals surface area contributed by atoms with Gasteiger partial charge >= 0.3 is 0 Å². The number of pyridine rings is 2. The van der Waals surface area contributed by atoms with E-state index in [9.17, 15) is 4.79 Å². The normalized spacial score (nSPS) is 18.6. The van der Waals surface area contributed by atoms with Crippen LogP contribution >= 0.6 is 0 Å². The number of rotatable bonds is 3. The predicted molar refractivity (Wildman–Crippen MR) is 98.2 cm³/mol. The minimum absolute atomic E-state index is 0.00622. The van der Waals surface area contributed by atoms with Crippen LogP contribution in [-0.2, 0) is 16.6 Å². The van der Waals surface area contributed by atoms with E-state index in [2.05, 4.69) is 27.4 Å². The monoisotopic (exact) mass is 329 g/mol. The Balaban J connectivity index is 1.60. The highest BCUT2D eigenvalue weighted by atomic mass is 16.2. The molecule has 0 radical (unpaired) electrons. The molecule has 0 fully saturated rings. The van der Waals surface area contributed by atoms with E-state index in [1.807, 2.05) is 49.4 Å². The fourth-order valence-electron chi connectivity index (χ4n) is 3.47. The van der Waals surface area contributed by atoms with Crippen molar-refractivity contribution in [3.8, 4) is 11.3 Å². The summed E-state index contributed by atoms with van der Waals surface area (Å²) in [5.74, 6) is 0.560. The third kappa shape index (κ3) is 2.80. The van der Waals surface area contributed by atoms with Crippen molar-refractivity contribution in [3.05, 3.63) is 78.1 Å². The number of fused-ring (bicyclic) bond motifs is 1. The lowest BCUT2D eigenvalue weighted by Crippen LogP contribution is -2.35. The van der Waals surface area contributed by atoms with Gasteiger partial charge in [0.15, 0.2) is 0 Å². The van der Waals surface area contributed by atoms with Gasteiger partial charge in [-0.05, 0) is 55.2 Å². The van der Waals surface area contributed by atoms with Crippen molar-refractivity contribution in [2.24, 2.45) is 0 Å². The Kier molecular flexibility index (Phi) is 3.80. The number of hydrogen-bond donors (Lipinski definition) is 1. The molecule has 3 aromatic rings. The van der Waals surface area contributed by atoms with Crippen molar-refractivity contribution in [2.75, 3.05) is 5.32 Å². The van der Waals surface area contributed by atoms with Gasteiger partial charge in [-0.2, -0.15) is 0 Å². The fourth-order valence-corrected chi connectivity index (χ4v) is 3.47. The second-order valence-corrected chi connectivity index (χ2v) is 6.59. The number of anilines is 1. The van der Waals surface area contributed by atoms with Gasteiger partial charge in [-0.15, -0.1) is 0 Å². The molecule has 0 saturated heterocycles. The third-order valence-electron chi connectivity index (χ3n) is 4.96. The molecular formula is C21H19N3O. The van der Waals surface area contributed by atoms with E-state index in [0.29, 0.717) is 5.82 Å². The predicted octanol–water partition coefficient (Wildman–Crippen LogP) is 3.99. The molecule has 0 bridgehead atoms. The number of carbonyl (C=O) groups excluding carboxylic acids is 1. The lowest BCUT2D eigenvalue weighted by Gasteiger charge is -2.24. The van der Waals surface area contributed by atoms with Crippen LogP contribution in [0.3, 0.4) is 0 Å². The summed E-state index contributed by atoms with van der Waals surface area (Å²) in [6, 6.07) is 17.7. The Labute approximate surface area is 147 Å². The number of aryl methyl sites for hydroxylation is 1. The molecule has 4 heteroatoms. The summed E-state index contributed by atoms with van der Waals surface area (Å²) in [5.41, 5.74) is 3.59. The summed E-state index contributed by atoms with van der Waals surface area (Å²) >= 11 is 0. The molecule has 1 atom stereocenters. The smallest absolute Gasteiger partial charge is 0.235 e. The first kappa shape index (κ1) is 15.5. The molecule has 0 aliphatic heterocycles. The maximum absolute atomic E-state index is 13.0. The summed E-state index contributed by atoms with van der Waals surface area (Å²) < 4.78 is 0. The molecule has 1 unspecified atom stereocenters. The number of amides is 1. The average Bonchev–Trinajstić information content (AvgIpc) is 3.01. The molecule has 2 aromatic heterocycles. The molecule has 4 nitrogen and oxygen atoms in total. The second-order valence-electron chi connectivity index (χ2n) is 6.59. The Morgan fingerprint density at radius 2 is 1.96 bits per heavy atom. The Morgan fingerprint density at radius 1 is 1.08 bits per heavy atom. The minimum Gasteiger partial charge on any atom is -0.310 e. The van der Waals surface area contributed by atoms with Gasteiger partial charge in [-0.1, -0.05) is 30.3 Å². The van der Waals surface area contributed by atoms with Gasteiger partial charge in [-0.3, -0.25) is 9.78 Å². The number of carbonyl (C=O) groups is 1. The summed E-state index contributed by atoms with van der Waals surface area (Å²) in [7, 11) is 0. The SMILES string of the molecule is CC1(C(=O)Nc2cccc(-c3cccnc3)n2)CCc2ccccc21. The highest BCUT2D eigenvalue weighted by Gasteiger charge is 2.40. The highest BCUT2D eigenvalue weighted by Crippen LogP contribution is 2.39. The van der Waals surface area contributed by atoms with E-state index in [-0.39, 0.29) is 5.91 Å². The Morgan fingerprint density at radius 3 is 2.80 bits per heavy atom. The number of nitrogens with zero attached hydrogens (tertiary/aromatic N) is 2. The molecule has 1 aliphatic carbocycles. The maximum atomic E-state index is 13.0. The van der Waals surface area contributed by atoms with Crippen molar-refractivity contribution in [3.63, 3.8) is 0 Å². The van der Waals surface area contributed by atoms with E-state index >= 15 is 0 Å². The van der Waals surface area contributed by atoms with Crippen LogP contribution in [0.25, 0.3) is 11.3 Å². The van der Waals surface area contributed by atoms with Crippen molar-refractivity contribution in [1.29, 1.82) is 0 Å². The molecule has 2 heterocycles. The van der Waals surface area contributed by atoms with Gasteiger partial charge in [-0.25, -0.2) is 4.98 Å². The van der Waals surface area contributed by atoms with Gasteiger partial charge in [0.25, 0.3) is 0 Å². The van der Waals surface area contributed by atoms with Crippen molar-refractivity contribution in [1.82, 2.24) is 9.97 Å². The van der Waals surface area contributed by atoms with Gasteiger partial charge < -0.3 is 5.32 Å². The van der Waals surface area contributed by atoms with Crippen LogP contribution in [0.2, 0.25) is 0 Å². The number of nitrogens with one attached hydrogen (secondary N) is 1. The van der Waals surface area contributed by atoms with Crippen LogP contribution < -0.4 is 5.32 Å². The van der Waals surface area contributed by atoms with Crippen LogP contribution in [0, 0.1) is 0 Å². The summed E-state index contributed by atoms with van der Waals surface area (Å²) in [6.07, 6.45) is 5.25. The van der Waals surface area contributed by atoms with E-state index < -0.39 is 5.41 Å². The van der Waals surface area contributed by atoms with Crippen LogP contribution in [0.1, 0.15) is 24.5 Å². The molecule has 124 valence electrons. The van der Waals surface area contributed by atoms with Crippen molar-refractivity contribution in [2.45, 2.75) is 25.2 Å². The summed E-state index contributed by atoms with van der Waals surface area (Å²) in [5, 5.41) is 3.00. The Bertz CT molecular complexity index is 923. The molecular weight excluding hydrogens is 310 g/mol. The maximum Gasteiger partial charge on any atom is 0.235 e. The second kappa shape index (κ2) is 6.13. The first-order valence-corrected chi connectivity index (χ1v) is 8.44. The van der Waals surface area contributed by atoms with Crippen LogP contribution in [-0.4, -0.2) is 15.9 Å². The van der Waals surface area contributed by atoms with Crippen molar-refractivity contribution < 1.29 is 4.79 Å². The number of aromatic nitrogens is 2. The minimum atomic E-state index is -0.511. The van der Waals surface area contributed by atoms with Gasteiger partial charge in [0.05, 0.1) is 11.1 Å². The highest BCUT2D eigenvalue weighted by molar-refractivity contribution is 5.99. The van der Waals surface area contributed by atoms with Gasteiger partial charge in [0.1, 0.15) is 5.82 Å². The largest absolute Gasteiger partial charge is 0.310 e. The van der Waals surface area contributed by atoms with Crippen molar-refractivity contribution >= 4 is 11.7 Å². The fraction of sp³-hybridized carbons (Fsp3) is 0.190. The molecule has 1 aromatic carbocycles. The molecule has 0 saturated carbocycles. The van der Waals surface area contributed by atoms with Crippen LogP contribution in [0.5, 0.6) is 0 Å². The standard InChI is InChI=1S/C21H19N3O/c1-21(12-11-15-6-2-3-8-17(15)21)20(25)24-19-10-4-9-18(23-19)16-7-5-13-22-14-16/h2-10,13-14H,11-12H2,1H3,(H,23,24,25). The summed E-state index contributed by atoms with van der Waals surface area (Å²) in [6.45, 7) is 2.01. The van der Waals surface area contributed by atoms with Gasteiger partial charge in [0.2, 0.25) is 5.91 Å². The van der Waals surface area contributed by atoms with E-state index in [1.54, 1.807) is 12.4 Å². The van der Waals surface area contributed by atoms with Crippen LogP contribution in [0.15, 0.2) is 67.0 Å². The zero-order chi connectivity index (χ0) is 17.3. The molecule has 4 rings (SSSR count). The number of benzene rings is 1. The average molecular weight is 329 g/mol. The molecule has 0 spiro atoms. The van der Waals surface area contributed by atoms with Crippen LogP contribution in [0.4, 0.5) is 5.82 Å². The lowest BCUT2D eigenvalue weighted by molar-refractivity contribution is -0.121. The van der Waals surface area contributed by atoms with E-state index in [1.165, 1.54) is 5.56 Å². The third-order valence-corrected chi connectivity index (χ3v) is 4.96. The zero-order valence-corrected chi connectivity index (χ0v) is 14.1. The van der Waals surface area contributed by atoms with E-state index in [4.69, 9.17) is 0 Å². The molecule has 25 heavy (non-hydrogen) atoms. The Hall–Kier alpha value is -3.01. The zero-order valence-electron chi connectivity index (χ0n) is 14.1. The van der Waals surface area contributed by atoms with Gasteiger partial charge in [0, 0.05) is 18.0 Å². The quantitative estimate of drug-likeness (QED) is 0.790. The first-order valence-electron chi connectivity index (χ1n) is 8.44. The molecule has 1 N–H and O–H groups in total.